The predicted molar refractivity (Wildman–Crippen MR) is 85.0 cm³/mol. The summed E-state index contributed by atoms with van der Waals surface area (Å²) in [5.41, 5.74) is 1.17. The summed E-state index contributed by atoms with van der Waals surface area (Å²) in [5.74, 6) is 0.928. The number of ether oxygens (including phenoxy) is 1. The zero-order valence-corrected chi connectivity index (χ0v) is 12.8. The summed E-state index contributed by atoms with van der Waals surface area (Å²) in [7, 11) is 0. The molecule has 0 heterocycles. The van der Waals surface area contributed by atoms with Crippen molar-refractivity contribution in [2.75, 3.05) is 6.61 Å². The molecule has 1 N–H and O–H groups in total. The molecule has 2 heteroatoms. The molecule has 1 unspecified atom stereocenters. The molecule has 1 atom stereocenters. The van der Waals surface area contributed by atoms with Crippen LogP contribution in [-0.4, -0.2) is 17.8 Å². The van der Waals surface area contributed by atoms with Gasteiger partial charge in [-0.25, -0.2) is 0 Å². The minimum absolute atomic E-state index is 0.252. The van der Waals surface area contributed by atoms with Gasteiger partial charge in [-0.2, -0.15) is 0 Å². The van der Waals surface area contributed by atoms with Crippen LogP contribution in [0.3, 0.4) is 0 Å². The van der Waals surface area contributed by atoms with Crippen molar-refractivity contribution < 1.29 is 9.84 Å². The molecule has 1 aromatic carbocycles. The number of hydrogen-bond donors (Lipinski definition) is 1. The number of rotatable bonds is 11. The van der Waals surface area contributed by atoms with E-state index < -0.39 is 0 Å². The molecule has 0 saturated heterocycles. The summed E-state index contributed by atoms with van der Waals surface area (Å²) in [6.45, 7) is 6.81. The molecule has 0 aliphatic carbocycles. The van der Waals surface area contributed by atoms with Crippen LogP contribution in [0.5, 0.6) is 5.75 Å². The Hall–Kier alpha value is -1.02. The quantitative estimate of drug-likeness (QED) is 0.601. The third-order valence-electron chi connectivity index (χ3n) is 3.45. The van der Waals surface area contributed by atoms with Crippen LogP contribution >= 0.6 is 0 Å². The van der Waals surface area contributed by atoms with Crippen LogP contribution in [0.2, 0.25) is 0 Å². The molecule has 113 valence electrons. The SMILES string of the molecule is [CH2]CCCC(O)Cc1ccc(OCCCCCC)cc1. The Morgan fingerprint density at radius 1 is 1.10 bits per heavy atom. The van der Waals surface area contributed by atoms with Crippen molar-refractivity contribution in [1.82, 2.24) is 0 Å². The second kappa shape index (κ2) is 10.7. The molecule has 0 spiro atoms. The first kappa shape index (κ1) is 17.0. The minimum Gasteiger partial charge on any atom is -0.494 e. The normalized spacial score (nSPS) is 12.3. The van der Waals surface area contributed by atoms with Gasteiger partial charge in [0.2, 0.25) is 0 Å². The highest BCUT2D eigenvalue weighted by atomic mass is 16.5. The van der Waals surface area contributed by atoms with E-state index in [-0.39, 0.29) is 6.10 Å². The van der Waals surface area contributed by atoms with E-state index >= 15 is 0 Å². The van der Waals surface area contributed by atoms with Gasteiger partial charge in [-0.3, -0.25) is 0 Å². The molecule has 20 heavy (non-hydrogen) atoms. The highest BCUT2D eigenvalue weighted by Crippen LogP contribution is 2.15. The third kappa shape index (κ3) is 7.54. The van der Waals surface area contributed by atoms with E-state index in [1.807, 2.05) is 12.1 Å². The Kier molecular flexibility index (Phi) is 9.14. The summed E-state index contributed by atoms with van der Waals surface area (Å²) >= 11 is 0. The Morgan fingerprint density at radius 3 is 2.50 bits per heavy atom. The highest BCUT2D eigenvalue weighted by Gasteiger charge is 2.05. The first-order chi connectivity index (χ1) is 9.76. The maximum Gasteiger partial charge on any atom is 0.119 e. The average molecular weight is 277 g/mol. The zero-order chi connectivity index (χ0) is 14.6. The van der Waals surface area contributed by atoms with Crippen LogP contribution < -0.4 is 4.74 Å². The van der Waals surface area contributed by atoms with Gasteiger partial charge < -0.3 is 9.84 Å². The lowest BCUT2D eigenvalue weighted by Crippen LogP contribution is -2.10. The monoisotopic (exact) mass is 277 g/mol. The van der Waals surface area contributed by atoms with Crippen molar-refractivity contribution in [2.45, 2.75) is 64.4 Å². The van der Waals surface area contributed by atoms with E-state index in [0.29, 0.717) is 0 Å². The fourth-order valence-corrected chi connectivity index (χ4v) is 2.19. The molecular formula is C18H29O2. The van der Waals surface area contributed by atoms with E-state index in [1.54, 1.807) is 0 Å². The molecule has 0 aliphatic rings. The second-order valence-electron chi connectivity index (χ2n) is 5.41. The van der Waals surface area contributed by atoms with E-state index in [2.05, 4.69) is 26.0 Å². The van der Waals surface area contributed by atoms with Crippen LogP contribution in [0.25, 0.3) is 0 Å². The number of hydrogen-bond acceptors (Lipinski definition) is 2. The average Bonchev–Trinajstić information content (AvgIpc) is 2.46. The van der Waals surface area contributed by atoms with E-state index in [4.69, 9.17) is 4.74 Å². The standard InChI is InChI=1S/C18H29O2/c1-3-5-7-8-14-20-18-12-10-16(11-13-18)15-17(19)9-6-4-2/h10-13,17,19H,2-9,14-15H2,1H3. The van der Waals surface area contributed by atoms with Crippen LogP contribution in [0.15, 0.2) is 24.3 Å². The molecule has 0 amide bonds. The lowest BCUT2D eigenvalue weighted by Gasteiger charge is -2.11. The van der Waals surface area contributed by atoms with Gasteiger partial charge in [-0.15, -0.1) is 0 Å². The number of aliphatic hydroxyl groups excluding tert-OH is 1. The van der Waals surface area contributed by atoms with Crippen LogP contribution in [-0.2, 0) is 6.42 Å². The predicted octanol–water partition coefficient (Wildman–Crippen LogP) is 4.55. The van der Waals surface area contributed by atoms with E-state index in [0.717, 1.165) is 44.5 Å². The Labute approximate surface area is 124 Å². The smallest absolute Gasteiger partial charge is 0.119 e. The number of aliphatic hydroxyl groups is 1. The fraction of sp³-hybridized carbons (Fsp3) is 0.611. The molecule has 0 aromatic heterocycles. The van der Waals surface area contributed by atoms with Crippen LogP contribution in [0.1, 0.15) is 57.4 Å². The molecule has 0 aliphatic heterocycles. The molecule has 1 rings (SSSR count). The zero-order valence-electron chi connectivity index (χ0n) is 12.8. The van der Waals surface area contributed by atoms with Gasteiger partial charge in [0.25, 0.3) is 0 Å². The lowest BCUT2D eigenvalue weighted by atomic mass is 10.0. The highest BCUT2D eigenvalue weighted by molar-refractivity contribution is 5.27. The summed E-state index contributed by atoms with van der Waals surface area (Å²) in [6, 6.07) is 8.11. The lowest BCUT2D eigenvalue weighted by molar-refractivity contribution is 0.162. The number of unbranched alkanes of at least 4 members (excludes halogenated alkanes) is 4. The summed E-state index contributed by atoms with van der Waals surface area (Å²) in [5, 5.41) is 9.87. The first-order valence-corrected chi connectivity index (χ1v) is 7.95. The van der Waals surface area contributed by atoms with Crippen molar-refractivity contribution in [3.8, 4) is 5.75 Å². The summed E-state index contributed by atoms with van der Waals surface area (Å²) in [4.78, 5) is 0. The van der Waals surface area contributed by atoms with Crippen LogP contribution in [0.4, 0.5) is 0 Å². The maximum absolute atomic E-state index is 9.87. The summed E-state index contributed by atoms with van der Waals surface area (Å²) < 4.78 is 5.71. The third-order valence-corrected chi connectivity index (χ3v) is 3.45. The van der Waals surface area contributed by atoms with Crippen molar-refractivity contribution >= 4 is 0 Å². The van der Waals surface area contributed by atoms with Gasteiger partial charge in [0, 0.05) is 0 Å². The van der Waals surface area contributed by atoms with Gasteiger partial charge in [0.1, 0.15) is 5.75 Å². The topological polar surface area (TPSA) is 29.5 Å². The second-order valence-corrected chi connectivity index (χ2v) is 5.41. The van der Waals surface area contributed by atoms with Crippen molar-refractivity contribution in [3.05, 3.63) is 36.8 Å². The van der Waals surface area contributed by atoms with Crippen molar-refractivity contribution in [1.29, 1.82) is 0 Å². The largest absolute Gasteiger partial charge is 0.494 e. The Bertz CT molecular complexity index is 332. The van der Waals surface area contributed by atoms with Crippen LogP contribution in [0, 0.1) is 6.92 Å². The minimum atomic E-state index is -0.252. The molecule has 0 fully saturated rings. The molecule has 2 nitrogen and oxygen atoms in total. The Morgan fingerprint density at radius 2 is 1.85 bits per heavy atom. The molecule has 1 radical (unpaired) electrons. The maximum atomic E-state index is 9.87. The van der Waals surface area contributed by atoms with Crippen molar-refractivity contribution in [2.24, 2.45) is 0 Å². The first-order valence-electron chi connectivity index (χ1n) is 7.95. The van der Waals surface area contributed by atoms with Gasteiger partial charge in [0.15, 0.2) is 0 Å². The summed E-state index contributed by atoms with van der Waals surface area (Å²) in [6.07, 6.45) is 8.08. The Balaban J connectivity index is 2.25. The van der Waals surface area contributed by atoms with E-state index in [9.17, 15) is 5.11 Å². The fourth-order valence-electron chi connectivity index (χ4n) is 2.19. The van der Waals surface area contributed by atoms with Gasteiger partial charge >= 0.3 is 0 Å². The van der Waals surface area contributed by atoms with Gasteiger partial charge in [-0.05, 0) is 37.0 Å². The molecule has 1 aromatic rings. The van der Waals surface area contributed by atoms with Crippen molar-refractivity contribution in [3.63, 3.8) is 0 Å². The molecule has 0 bridgehead atoms. The number of benzene rings is 1. The molecular weight excluding hydrogens is 248 g/mol. The van der Waals surface area contributed by atoms with E-state index in [1.165, 1.54) is 24.8 Å². The van der Waals surface area contributed by atoms with Gasteiger partial charge in [-0.1, -0.05) is 58.1 Å². The van der Waals surface area contributed by atoms with Gasteiger partial charge in [0.05, 0.1) is 12.7 Å². The molecule has 0 saturated carbocycles.